The van der Waals surface area contributed by atoms with Crippen LogP contribution in [0.1, 0.15) is 21.4 Å². The molecule has 5 rings (SSSR count). The first-order valence-corrected chi connectivity index (χ1v) is 13.8. The predicted molar refractivity (Wildman–Crippen MR) is 149 cm³/mol. The maximum absolute atomic E-state index is 13.8. The molecule has 0 fully saturated rings. The first-order chi connectivity index (χ1) is 17.9. The van der Waals surface area contributed by atoms with Crippen LogP contribution in [-0.2, 0) is 21.5 Å². The highest BCUT2D eigenvalue weighted by atomic mass is 35.5. The number of aromatic nitrogens is 1. The van der Waals surface area contributed by atoms with E-state index in [9.17, 15) is 14.7 Å². The van der Waals surface area contributed by atoms with E-state index in [2.05, 4.69) is 5.32 Å². The maximum atomic E-state index is 13.8. The number of amides is 1. The average Bonchev–Trinajstić information content (AvgIpc) is 3.62. The minimum Gasteiger partial charge on any atom is -0.478 e. The summed E-state index contributed by atoms with van der Waals surface area (Å²) >= 11 is 15.1. The molecular weight excluding hydrogens is 547 g/mol. The topological polar surface area (TPSA) is 79.3 Å². The third-order valence-corrected chi connectivity index (χ3v) is 8.74. The van der Waals surface area contributed by atoms with Gasteiger partial charge in [0.15, 0.2) is 0 Å². The Labute approximate surface area is 231 Å². The molecule has 0 bridgehead atoms. The van der Waals surface area contributed by atoms with Gasteiger partial charge in [0, 0.05) is 27.3 Å². The molecule has 186 valence electrons. The number of allylic oxidation sites excluding steroid dienone is 1. The monoisotopic (exact) mass is 566 g/mol. The third-order valence-electron chi connectivity index (χ3n) is 6.13. The van der Waals surface area contributed by atoms with E-state index in [-0.39, 0.29) is 11.5 Å². The Bertz CT molecular complexity index is 1510. The molecule has 2 N–H and O–H groups in total. The number of nitrogens with zero attached hydrogens (tertiary/aromatic N) is 1. The predicted octanol–water partition coefficient (Wildman–Crippen LogP) is 7.10. The van der Waals surface area contributed by atoms with Crippen LogP contribution >= 0.6 is 45.9 Å². The fourth-order valence-corrected chi connectivity index (χ4v) is 6.15. The molecule has 4 aromatic rings. The number of nitrogens with one attached hydrogen (secondary N) is 1. The van der Waals surface area contributed by atoms with Crippen LogP contribution in [0.15, 0.2) is 95.2 Å². The van der Waals surface area contributed by atoms with Gasteiger partial charge >= 0.3 is 5.97 Å². The Morgan fingerprint density at radius 2 is 1.84 bits per heavy atom. The molecule has 2 heterocycles. The molecule has 2 atom stereocenters. The molecular formula is C28H20Cl2N2O3S2. The van der Waals surface area contributed by atoms with Crippen LogP contribution in [-0.4, -0.2) is 22.0 Å². The SMILES string of the molecule is O=C(O)C1=CC(C(=O)NCc2cccs2)(c2nc(-c3ccc(Cl)c(Cl)c3)cs2)C=CC1c1ccccc1. The number of hydrogen-bond acceptors (Lipinski definition) is 5. The Hall–Kier alpha value is -3.23. The van der Waals surface area contributed by atoms with Gasteiger partial charge in [0.2, 0.25) is 5.91 Å². The Kier molecular flexibility index (Phi) is 7.31. The summed E-state index contributed by atoms with van der Waals surface area (Å²) in [5, 5.41) is 18.2. The third kappa shape index (κ3) is 5.13. The van der Waals surface area contributed by atoms with E-state index >= 15 is 0 Å². The molecule has 5 nitrogen and oxygen atoms in total. The Morgan fingerprint density at radius 3 is 2.54 bits per heavy atom. The summed E-state index contributed by atoms with van der Waals surface area (Å²) in [5.41, 5.74) is 0.917. The minimum atomic E-state index is -1.39. The van der Waals surface area contributed by atoms with Crippen molar-refractivity contribution in [2.75, 3.05) is 0 Å². The summed E-state index contributed by atoms with van der Waals surface area (Å²) in [5.74, 6) is -1.93. The molecule has 2 aromatic heterocycles. The molecule has 1 amide bonds. The van der Waals surface area contributed by atoms with Crippen molar-refractivity contribution in [3.8, 4) is 11.3 Å². The van der Waals surface area contributed by atoms with Crippen molar-refractivity contribution >= 4 is 57.8 Å². The number of carbonyl (C=O) groups excluding carboxylic acids is 1. The lowest BCUT2D eigenvalue weighted by Crippen LogP contribution is -2.43. The molecule has 2 unspecified atom stereocenters. The number of thiophene rings is 1. The maximum Gasteiger partial charge on any atom is 0.332 e. The highest BCUT2D eigenvalue weighted by Gasteiger charge is 2.43. The minimum absolute atomic E-state index is 0.117. The van der Waals surface area contributed by atoms with E-state index in [1.54, 1.807) is 30.4 Å². The van der Waals surface area contributed by atoms with E-state index in [1.165, 1.54) is 28.7 Å². The van der Waals surface area contributed by atoms with Crippen molar-refractivity contribution in [2.45, 2.75) is 17.9 Å². The van der Waals surface area contributed by atoms with Gasteiger partial charge in [-0.1, -0.05) is 77.8 Å². The van der Waals surface area contributed by atoms with Gasteiger partial charge in [0.25, 0.3) is 0 Å². The zero-order valence-electron chi connectivity index (χ0n) is 19.2. The number of carboxylic acids is 1. The van der Waals surface area contributed by atoms with Gasteiger partial charge in [-0.25, -0.2) is 9.78 Å². The summed E-state index contributed by atoms with van der Waals surface area (Å²) < 4.78 is 0. The molecule has 0 saturated heterocycles. The van der Waals surface area contributed by atoms with Crippen molar-refractivity contribution in [3.63, 3.8) is 0 Å². The van der Waals surface area contributed by atoms with Crippen molar-refractivity contribution in [1.29, 1.82) is 0 Å². The first kappa shape index (κ1) is 25.4. The average molecular weight is 568 g/mol. The lowest BCUT2D eigenvalue weighted by atomic mass is 9.75. The summed E-state index contributed by atoms with van der Waals surface area (Å²) in [6.07, 6.45) is 5.08. The first-order valence-electron chi connectivity index (χ1n) is 11.3. The smallest absolute Gasteiger partial charge is 0.332 e. The van der Waals surface area contributed by atoms with Gasteiger partial charge in [-0.05, 0) is 35.2 Å². The number of rotatable bonds is 7. The fraction of sp³-hybridized carbons (Fsp3) is 0.107. The van der Waals surface area contributed by atoms with Crippen LogP contribution in [0.5, 0.6) is 0 Å². The van der Waals surface area contributed by atoms with Crippen molar-refractivity contribution < 1.29 is 14.7 Å². The number of thiazole rings is 1. The number of halogens is 2. The van der Waals surface area contributed by atoms with Crippen LogP contribution < -0.4 is 5.32 Å². The summed E-state index contributed by atoms with van der Waals surface area (Å²) in [7, 11) is 0. The Morgan fingerprint density at radius 1 is 1.03 bits per heavy atom. The molecule has 2 aromatic carbocycles. The van der Waals surface area contributed by atoms with Crippen LogP contribution in [0, 0.1) is 0 Å². The lowest BCUT2D eigenvalue weighted by Gasteiger charge is -2.30. The summed E-state index contributed by atoms with van der Waals surface area (Å²) in [6, 6.07) is 18.4. The normalized spacial score (nSPS) is 18.9. The van der Waals surface area contributed by atoms with Crippen LogP contribution in [0.3, 0.4) is 0 Å². The second-order valence-corrected chi connectivity index (χ2v) is 11.2. The summed E-state index contributed by atoms with van der Waals surface area (Å²) in [4.78, 5) is 32.0. The number of carbonyl (C=O) groups is 2. The van der Waals surface area contributed by atoms with Gasteiger partial charge < -0.3 is 10.4 Å². The lowest BCUT2D eigenvalue weighted by molar-refractivity contribution is -0.132. The molecule has 1 aliphatic carbocycles. The van der Waals surface area contributed by atoms with E-state index in [0.717, 1.165) is 16.0 Å². The van der Waals surface area contributed by atoms with Crippen molar-refractivity contribution in [2.24, 2.45) is 0 Å². The van der Waals surface area contributed by atoms with Gasteiger partial charge in [-0.2, -0.15) is 0 Å². The van der Waals surface area contributed by atoms with E-state index < -0.39 is 17.3 Å². The zero-order chi connectivity index (χ0) is 26.0. The van der Waals surface area contributed by atoms with Gasteiger partial charge in [-0.15, -0.1) is 22.7 Å². The van der Waals surface area contributed by atoms with Crippen LogP contribution in [0.25, 0.3) is 11.3 Å². The second-order valence-electron chi connectivity index (χ2n) is 8.45. The largest absolute Gasteiger partial charge is 0.478 e. The standard InChI is InChI=1S/C28H20Cl2N2O3S2/c29-22-9-8-18(13-23(22)30)24-16-37-27(32-24)28(26(35)31-15-19-7-4-12-36-19)11-10-20(21(14-28)25(33)34)17-5-2-1-3-6-17/h1-14,16,20H,15H2,(H,31,35)(H,33,34). The van der Waals surface area contributed by atoms with E-state index in [4.69, 9.17) is 28.2 Å². The van der Waals surface area contributed by atoms with E-state index in [1.807, 2.05) is 53.2 Å². The molecule has 0 spiro atoms. The number of benzene rings is 2. The molecule has 9 heteroatoms. The van der Waals surface area contributed by atoms with Gasteiger partial charge in [-0.3, -0.25) is 4.79 Å². The fourth-order valence-electron chi connectivity index (χ4n) is 4.23. The Balaban J connectivity index is 1.58. The summed E-state index contributed by atoms with van der Waals surface area (Å²) in [6.45, 7) is 0.329. The number of hydrogen-bond donors (Lipinski definition) is 2. The number of aliphatic carboxylic acids is 1. The second kappa shape index (κ2) is 10.6. The van der Waals surface area contributed by atoms with Crippen molar-refractivity contribution in [3.05, 3.63) is 121 Å². The molecule has 1 aliphatic rings. The highest BCUT2D eigenvalue weighted by molar-refractivity contribution is 7.10. The van der Waals surface area contributed by atoms with E-state index in [0.29, 0.717) is 27.3 Å². The molecule has 0 aliphatic heterocycles. The molecule has 0 radical (unpaired) electrons. The molecule has 37 heavy (non-hydrogen) atoms. The van der Waals surface area contributed by atoms with Crippen LogP contribution in [0.2, 0.25) is 10.0 Å². The van der Waals surface area contributed by atoms with Gasteiger partial charge in [0.1, 0.15) is 10.4 Å². The van der Waals surface area contributed by atoms with Gasteiger partial charge in [0.05, 0.1) is 22.3 Å². The quantitative estimate of drug-likeness (QED) is 0.234. The molecule has 0 saturated carbocycles. The zero-order valence-corrected chi connectivity index (χ0v) is 22.4. The highest BCUT2D eigenvalue weighted by Crippen LogP contribution is 2.42. The van der Waals surface area contributed by atoms with Crippen LogP contribution in [0.4, 0.5) is 0 Å². The van der Waals surface area contributed by atoms with Crippen molar-refractivity contribution in [1.82, 2.24) is 10.3 Å². The number of carboxylic acid groups (broad SMARTS) is 1.